The summed E-state index contributed by atoms with van der Waals surface area (Å²) in [5.41, 5.74) is 7.39. The largest absolute Gasteiger partial charge is 0.366 e. The van der Waals surface area contributed by atoms with Crippen LogP contribution in [0.5, 0.6) is 0 Å². The summed E-state index contributed by atoms with van der Waals surface area (Å²) in [5, 5.41) is 0. The molecule has 2 aliphatic rings. The smallest absolute Gasteiger partial charge is 0.146 e. The maximum absolute atomic E-state index is 14.2. The number of fused-ring (bicyclic) bond motifs is 1. The molecular weight excluding hydrogens is 241 g/mol. The quantitative estimate of drug-likeness (QED) is 0.887. The van der Waals surface area contributed by atoms with E-state index in [-0.39, 0.29) is 11.9 Å². The molecule has 3 rings (SSSR count). The second-order valence-corrected chi connectivity index (χ2v) is 5.78. The minimum absolute atomic E-state index is 0.116. The van der Waals surface area contributed by atoms with Crippen LogP contribution < -0.4 is 10.6 Å². The first-order valence-electron chi connectivity index (χ1n) is 7.19. The Morgan fingerprint density at radius 3 is 2.89 bits per heavy atom. The molecule has 0 spiro atoms. The van der Waals surface area contributed by atoms with E-state index in [9.17, 15) is 4.39 Å². The second kappa shape index (κ2) is 5.10. The van der Waals surface area contributed by atoms with Gasteiger partial charge in [0.2, 0.25) is 0 Å². The molecule has 2 N–H and O–H groups in total. The van der Waals surface area contributed by atoms with Crippen LogP contribution >= 0.6 is 0 Å². The Balaban J connectivity index is 1.78. The van der Waals surface area contributed by atoms with E-state index in [4.69, 9.17) is 5.73 Å². The highest BCUT2D eigenvalue weighted by Gasteiger charge is 2.31. The first-order chi connectivity index (χ1) is 9.15. The number of anilines is 1. The van der Waals surface area contributed by atoms with Crippen molar-refractivity contribution in [2.24, 2.45) is 5.73 Å². The van der Waals surface area contributed by atoms with E-state index >= 15 is 0 Å². The lowest BCUT2D eigenvalue weighted by Crippen LogP contribution is -2.50. The number of hydrogen-bond acceptors (Lipinski definition) is 3. The van der Waals surface area contributed by atoms with Crippen molar-refractivity contribution in [2.45, 2.75) is 31.8 Å². The SMILES string of the molecule is C[C@@H](N)c1ccc(N2CCN3CCCC3C2)c(F)c1. The molecule has 0 saturated carbocycles. The van der Waals surface area contributed by atoms with Crippen LogP contribution in [0.3, 0.4) is 0 Å². The molecule has 2 atom stereocenters. The van der Waals surface area contributed by atoms with E-state index in [1.165, 1.54) is 19.4 Å². The summed E-state index contributed by atoms with van der Waals surface area (Å²) in [5.74, 6) is -0.138. The lowest BCUT2D eigenvalue weighted by Gasteiger charge is -2.39. The predicted molar refractivity (Wildman–Crippen MR) is 75.8 cm³/mol. The summed E-state index contributed by atoms with van der Waals surface area (Å²) in [4.78, 5) is 4.72. The van der Waals surface area contributed by atoms with Gasteiger partial charge in [-0.1, -0.05) is 6.07 Å². The van der Waals surface area contributed by atoms with Crippen molar-refractivity contribution in [1.82, 2.24) is 4.90 Å². The maximum atomic E-state index is 14.2. The Kier molecular flexibility index (Phi) is 3.46. The fourth-order valence-corrected chi connectivity index (χ4v) is 3.27. The van der Waals surface area contributed by atoms with Crippen molar-refractivity contribution in [3.05, 3.63) is 29.6 Å². The van der Waals surface area contributed by atoms with Crippen LogP contribution in [0, 0.1) is 5.82 Å². The lowest BCUT2D eigenvalue weighted by molar-refractivity contribution is 0.230. The maximum Gasteiger partial charge on any atom is 0.146 e. The molecule has 3 nitrogen and oxygen atoms in total. The molecule has 2 fully saturated rings. The average Bonchev–Trinajstić information content (AvgIpc) is 2.85. The van der Waals surface area contributed by atoms with Crippen LogP contribution in [0.25, 0.3) is 0 Å². The summed E-state index contributed by atoms with van der Waals surface area (Å²) >= 11 is 0. The molecule has 1 unspecified atom stereocenters. The number of nitrogens with zero attached hydrogens (tertiary/aromatic N) is 2. The molecule has 2 heterocycles. The Morgan fingerprint density at radius 2 is 2.16 bits per heavy atom. The van der Waals surface area contributed by atoms with Gasteiger partial charge in [-0.2, -0.15) is 0 Å². The number of nitrogens with two attached hydrogens (primary N) is 1. The third-order valence-electron chi connectivity index (χ3n) is 4.43. The lowest BCUT2D eigenvalue weighted by atomic mass is 10.1. The zero-order valence-electron chi connectivity index (χ0n) is 11.5. The van der Waals surface area contributed by atoms with E-state index in [0.717, 1.165) is 30.9 Å². The highest BCUT2D eigenvalue weighted by molar-refractivity contribution is 5.50. The summed E-state index contributed by atoms with van der Waals surface area (Å²) in [7, 11) is 0. The standard InChI is InChI=1S/C15H22FN3/c1-11(17)12-4-5-15(14(16)9-12)19-8-7-18-6-2-3-13(18)10-19/h4-5,9,11,13H,2-3,6-8,10,17H2,1H3/t11-,13?/m1/s1. The molecule has 0 aliphatic carbocycles. The van der Waals surface area contributed by atoms with E-state index in [2.05, 4.69) is 9.80 Å². The van der Waals surface area contributed by atoms with Crippen molar-refractivity contribution in [3.8, 4) is 0 Å². The van der Waals surface area contributed by atoms with Gasteiger partial charge in [0, 0.05) is 31.7 Å². The first kappa shape index (κ1) is 12.9. The van der Waals surface area contributed by atoms with E-state index in [1.54, 1.807) is 6.07 Å². The van der Waals surface area contributed by atoms with Gasteiger partial charge in [-0.25, -0.2) is 4.39 Å². The zero-order chi connectivity index (χ0) is 13.4. The molecule has 19 heavy (non-hydrogen) atoms. The van der Waals surface area contributed by atoms with Crippen LogP contribution in [-0.4, -0.2) is 37.1 Å². The minimum atomic E-state index is -0.138. The minimum Gasteiger partial charge on any atom is -0.366 e. The molecule has 2 saturated heterocycles. The number of piperazine rings is 1. The third-order valence-corrected chi connectivity index (χ3v) is 4.43. The van der Waals surface area contributed by atoms with Crippen molar-refractivity contribution < 1.29 is 4.39 Å². The molecule has 4 heteroatoms. The van der Waals surface area contributed by atoms with Gasteiger partial charge in [-0.05, 0) is 44.0 Å². The van der Waals surface area contributed by atoms with Crippen molar-refractivity contribution in [3.63, 3.8) is 0 Å². The molecule has 1 aromatic rings. The summed E-state index contributed by atoms with van der Waals surface area (Å²) < 4.78 is 14.2. The fourth-order valence-electron chi connectivity index (χ4n) is 3.27. The Labute approximate surface area is 114 Å². The van der Waals surface area contributed by atoms with Crippen LogP contribution in [-0.2, 0) is 0 Å². The third kappa shape index (κ3) is 2.47. The highest BCUT2D eigenvalue weighted by Crippen LogP contribution is 2.28. The molecule has 0 bridgehead atoms. The Hall–Kier alpha value is -1.13. The van der Waals surface area contributed by atoms with E-state index in [0.29, 0.717) is 6.04 Å². The molecule has 0 aromatic heterocycles. The monoisotopic (exact) mass is 263 g/mol. The summed E-state index contributed by atoms with van der Waals surface area (Å²) in [6, 6.07) is 5.92. The van der Waals surface area contributed by atoms with Crippen LogP contribution in [0.15, 0.2) is 18.2 Å². The second-order valence-electron chi connectivity index (χ2n) is 5.78. The number of rotatable bonds is 2. The normalized spacial score (nSPS) is 25.4. The topological polar surface area (TPSA) is 32.5 Å². The molecule has 104 valence electrons. The van der Waals surface area contributed by atoms with Crippen LogP contribution in [0.1, 0.15) is 31.4 Å². The number of halogens is 1. The van der Waals surface area contributed by atoms with Crippen LogP contribution in [0.4, 0.5) is 10.1 Å². The molecule has 1 aromatic carbocycles. The summed E-state index contributed by atoms with van der Waals surface area (Å²) in [6.07, 6.45) is 2.53. The van der Waals surface area contributed by atoms with Gasteiger partial charge in [0.15, 0.2) is 0 Å². The molecule has 0 amide bonds. The van der Waals surface area contributed by atoms with E-state index in [1.807, 2.05) is 19.1 Å². The van der Waals surface area contributed by atoms with Gasteiger partial charge in [-0.3, -0.25) is 4.90 Å². The molecular formula is C15H22FN3. The molecule has 0 radical (unpaired) electrons. The number of hydrogen-bond donors (Lipinski definition) is 1. The van der Waals surface area contributed by atoms with Crippen molar-refractivity contribution in [1.29, 1.82) is 0 Å². The van der Waals surface area contributed by atoms with Gasteiger partial charge < -0.3 is 10.6 Å². The van der Waals surface area contributed by atoms with Crippen molar-refractivity contribution in [2.75, 3.05) is 31.1 Å². The Morgan fingerprint density at radius 1 is 1.32 bits per heavy atom. The van der Waals surface area contributed by atoms with Gasteiger partial charge in [-0.15, -0.1) is 0 Å². The zero-order valence-corrected chi connectivity index (χ0v) is 11.5. The highest BCUT2D eigenvalue weighted by atomic mass is 19.1. The van der Waals surface area contributed by atoms with Gasteiger partial charge in [0.1, 0.15) is 5.82 Å². The fraction of sp³-hybridized carbons (Fsp3) is 0.600. The Bertz CT molecular complexity index is 461. The van der Waals surface area contributed by atoms with Gasteiger partial charge >= 0.3 is 0 Å². The van der Waals surface area contributed by atoms with Gasteiger partial charge in [0.25, 0.3) is 0 Å². The molecule has 2 aliphatic heterocycles. The first-order valence-corrected chi connectivity index (χ1v) is 7.19. The van der Waals surface area contributed by atoms with Crippen LogP contribution in [0.2, 0.25) is 0 Å². The number of benzene rings is 1. The summed E-state index contributed by atoms with van der Waals surface area (Å²) in [6.45, 7) is 6.02. The average molecular weight is 263 g/mol. The predicted octanol–water partition coefficient (Wildman–Crippen LogP) is 2.13. The van der Waals surface area contributed by atoms with Gasteiger partial charge in [0.05, 0.1) is 5.69 Å². The van der Waals surface area contributed by atoms with Crippen molar-refractivity contribution >= 4 is 5.69 Å². The van der Waals surface area contributed by atoms with E-state index < -0.39 is 0 Å².